The first-order valence-electron chi connectivity index (χ1n) is 6.30. The van der Waals surface area contributed by atoms with Crippen LogP contribution in [0.25, 0.3) is 0 Å². The molecule has 0 aliphatic carbocycles. The molecule has 1 aromatic carbocycles. The van der Waals surface area contributed by atoms with E-state index in [0.29, 0.717) is 11.4 Å². The van der Waals surface area contributed by atoms with Crippen molar-refractivity contribution >= 4 is 5.82 Å². The van der Waals surface area contributed by atoms with Gasteiger partial charge in [0.1, 0.15) is 18.0 Å². The van der Waals surface area contributed by atoms with Crippen molar-refractivity contribution in [3.8, 4) is 11.6 Å². The standard InChI is InChI=1S/C14H15F2N3O/c1-3-6-17-13-9(2)14(19-8-18-13)20-12-5-4-10(15)7-11(12)16/h4-5,7-8H,3,6H2,1-2H3,(H,17,18,19). The summed E-state index contributed by atoms with van der Waals surface area (Å²) in [5.41, 5.74) is 0.671. The minimum absolute atomic E-state index is 0.0744. The highest BCUT2D eigenvalue weighted by Gasteiger charge is 2.12. The van der Waals surface area contributed by atoms with Gasteiger partial charge in [0, 0.05) is 12.6 Å². The van der Waals surface area contributed by atoms with Crippen molar-refractivity contribution in [2.75, 3.05) is 11.9 Å². The Morgan fingerprint density at radius 2 is 2.05 bits per heavy atom. The Morgan fingerprint density at radius 3 is 2.75 bits per heavy atom. The van der Waals surface area contributed by atoms with Gasteiger partial charge in [0.15, 0.2) is 11.6 Å². The predicted molar refractivity (Wildman–Crippen MR) is 72.0 cm³/mol. The van der Waals surface area contributed by atoms with Crippen LogP contribution >= 0.6 is 0 Å². The van der Waals surface area contributed by atoms with Gasteiger partial charge in [-0.05, 0) is 25.5 Å². The van der Waals surface area contributed by atoms with Crippen molar-refractivity contribution in [3.63, 3.8) is 0 Å². The topological polar surface area (TPSA) is 47.0 Å². The normalized spacial score (nSPS) is 10.4. The third-order valence-corrected chi connectivity index (χ3v) is 2.68. The fraction of sp³-hybridized carbons (Fsp3) is 0.286. The molecule has 0 saturated carbocycles. The Morgan fingerprint density at radius 1 is 1.25 bits per heavy atom. The van der Waals surface area contributed by atoms with E-state index >= 15 is 0 Å². The van der Waals surface area contributed by atoms with E-state index < -0.39 is 11.6 Å². The first kappa shape index (κ1) is 14.2. The molecule has 0 unspecified atom stereocenters. The van der Waals surface area contributed by atoms with Gasteiger partial charge in [-0.2, -0.15) is 0 Å². The Hall–Kier alpha value is -2.24. The van der Waals surface area contributed by atoms with E-state index in [1.165, 1.54) is 12.4 Å². The number of hydrogen-bond donors (Lipinski definition) is 1. The van der Waals surface area contributed by atoms with Crippen LogP contribution in [0, 0.1) is 18.6 Å². The van der Waals surface area contributed by atoms with E-state index in [4.69, 9.17) is 4.74 Å². The van der Waals surface area contributed by atoms with E-state index in [9.17, 15) is 8.78 Å². The molecular weight excluding hydrogens is 264 g/mol. The number of hydrogen-bond acceptors (Lipinski definition) is 4. The lowest BCUT2D eigenvalue weighted by atomic mass is 10.3. The van der Waals surface area contributed by atoms with E-state index in [2.05, 4.69) is 15.3 Å². The van der Waals surface area contributed by atoms with E-state index in [0.717, 1.165) is 25.1 Å². The van der Waals surface area contributed by atoms with E-state index in [-0.39, 0.29) is 11.6 Å². The van der Waals surface area contributed by atoms with Gasteiger partial charge in [-0.1, -0.05) is 6.92 Å². The molecule has 2 aromatic rings. The molecule has 4 nitrogen and oxygen atoms in total. The molecule has 1 N–H and O–H groups in total. The summed E-state index contributed by atoms with van der Waals surface area (Å²) in [5.74, 6) is -0.622. The van der Waals surface area contributed by atoms with Crippen LogP contribution in [0.2, 0.25) is 0 Å². The monoisotopic (exact) mass is 279 g/mol. The zero-order valence-electron chi connectivity index (χ0n) is 11.3. The molecule has 0 bridgehead atoms. The molecule has 1 aromatic heterocycles. The van der Waals surface area contributed by atoms with Gasteiger partial charge in [-0.25, -0.2) is 18.7 Å². The van der Waals surface area contributed by atoms with Gasteiger partial charge >= 0.3 is 0 Å². The molecule has 0 atom stereocenters. The van der Waals surface area contributed by atoms with Crippen molar-refractivity contribution in [2.24, 2.45) is 0 Å². The third-order valence-electron chi connectivity index (χ3n) is 2.68. The smallest absolute Gasteiger partial charge is 0.227 e. The highest BCUT2D eigenvalue weighted by Crippen LogP contribution is 2.28. The second-order valence-electron chi connectivity index (χ2n) is 4.26. The second-order valence-corrected chi connectivity index (χ2v) is 4.26. The van der Waals surface area contributed by atoms with Crippen LogP contribution in [0.1, 0.15) is 18.9 Å². The highest BCUT2D eigenvalue weighted by molar-refractivity contribution is 5.48. The molecule has 0 spiro atoms. The quantitative estimate of drug-likeness (QED) is 0.907. The average molecular weight is 279 g/mol. The molecule has 0 aliphatic rings. The van der Waals surface area contributed by atoms with Crippen molar-refractivity contribution in [2.45, 2.75) is 20.3 Å². The summed E-state index contributed by atoms with van der Waals surface area (Å²) in [5, 5.41) is 3.13. The Kier molecular flexibility index (Phi) is 4.45. The number of ether oxygens (including phenoxy) is 1. The SMILES string of the molecule is CCCNc1ncnc(Oc2ccc(F)cc2F)c1C. The van der Waals surface area contributed by atoms with Gasteiger partial charge in [-0.3, -0.25) is 0 Å². The summed E-state index contributed by atoms with van der Waals surface area (Å²) in [7, 11) is 0. The van der Waals surface area contributed by atoms with Crippen LogP contribution in [-0.4, -0.2) is 16.5 Å². The van der Waals surface area contributed by atoms with Crippen LogP contribution in [0.5, 0.6) is 11.6 Å². The molecule has 0 saturated heterocycles. The largest absolute Gasteiger partial charge is 0.435 e. The summed E-state index contributed by atoms with van der Waals surface area (Å²) in [6.07, 6.45) is 2.29. The number of nitrogens with one attached hydrogen (secondary N) is 1. The molecule has 6 heteroatoms. The minimum Gasteiger partial charge on any atom is -0.435 e. The fourth-order valence-electron chi connectivity index (χ4n) is 1.62. The van der Waals surface area contributed by atoms with E-state index in [1.807, 2.05) is 6.92 Å². The van der Waals surface area contributed by atoms with Gasteiger partial charge in [0.2, 0.25) is 5.88 Å². The second kappa shape index (κ2) is 6.27. The average Bonchev–Trinajstić information content (AvgIpc) is 2.42. The highest BCUT2D eigenvalue weighted by atomic mass is 19.1. The molecular formula is C14H15F2N3O. The van der Waals surface area contributed by atoms with Crippen molar-refractivity contribution in [1.29, 1.82) is 0 Å². The first-order valence-corrected chi connectivity index (χ1v) is 6.30. The molecule has 106 valence electrons. The van der Waals surface area contributed by atoms with Crippen LogP contribution in [-0.2, 0) is 0 Å². The zero-order valence-corrected chi connectivity index (χ0v) is 11.3. The molecule has 0 amide bonds. The zero-order chi connectivity index (χ0) is 14.5. The number of benzene rings is 1. The maximum absolute atomic E-state index is 13.5. The molecule has 0 fully saturated rings. The van der Waals surface area contributed by atoms with Gasteiger partial charge in [-0.15, -0.1) is 0 Å². The lowest BCUT2D eigenvalue weighted by Crippen LogP contribution is -2.05. The van der Waals surface area contributed by atoms with E-state index in [1.54, 1.807) is 6.92 Å². The van der Waals surface area contributed by atoms with Gasteiger partial charge in [0.25, 0.3) is 0 Å². The lowest BCUT2D eigenvalue weighted by Gasteiger charge is -2.11. The Balaban J connectivity index is 2.24. The maximum Gasteiger partial charge on any atom is 0.227 e. The summed E-state index contributed by atoms with van der Waals surface area (Å²) in [6.45, 7) is 4.58. The van der Waals surface area contributed by atoms with Crippen LogP contribution < -0.4 is 10.1 Å². The minimum atomic E-state index is -0.772. The summed E-state index contributed by atoms with van der Waals surface area (Å²) >= 11 is 0. The third kappa shape index (κ3) is 3.20. The van der Waals surface area contributed by atoms with Crippen molar-refractivity contribution < 1.29 is 13.5 Å². The molecule has 20 heavy (non-hydrogen) atoms. The van der Waals surface area contributed by atoms with Crippen LogP contribution in [0.4, 0.5) is 14.6 Å². The molecule has 1 heterocycles. The number of halogens is 2. The Bertz CT molecular complexity index is 605. The predicted octanol–water partition coefficient (Wildman–Crippen LogP) is 3.68. The molecule has 2 rings (SSSR count). The number of aromatic nitrogens is 2. The Labute approximate surface area is 115 Å². The summed E-state index contributed by atoms with van der Waals surface area (Å²) in [4.78, 5) is 8.07. The van der Waals surface area contributed by atoms with Crippen LogP contribution in [0.3, 0.4) is 0 Å². The molecule has 0 aliphatic heterocycles. The summed E-state index contributed by atoms with van der Waals surface area (Å²) < 4.78 is 31.8. The number of anilines is 1. The van der Waals surface area contributed by atoms with Crippen LogP contribution in [0.15, 0.2) is 24.5 Å². The first-order chi connectivity index (χ1) is 9.61. The maximum atomic E-state index is 13.5. The number of nitrogens with zero attached hydrogens (tertiary/aromatic N) is 2. The lowest BCUT2D eigenvalue weighted by molar-refractivity contribution is 0.420. The van der Waals surface area contributed by atoms with Gasteiger partial charge in [0.05, 0.1) is 5.56 Å². The molecule has 0 radical (unpaired) electrons. The van der Waals surface area contributed by atoms with Crippen molar-refractivity contribution in [3.05, 3.63) is 41.7 Å². The van der Waals surface area contributed by atoms with Gasteiger partial charge < -0.3 is 10.1 Å². The van der Waals surface area contributed by atoms with Crippen molar-refractivity contribution in [1.82, 2.24) is 9.97 Å². The summed E-state index contributed by atoms with van der Waals surface area (Å²) in [6, 6.07) is 3.12. The fourth-order valence-corrected chi connectivity index (χ4v) is 1.62. The number of rotatable bonds is 5.